The van der Waals surface area contributed by atoms with E-state index in [9.17, 15) is 19.4 Å². The van der Waals surface area contributed by atoms with Gasteiger partial charge >= 0.3 is 5.97 Å². The van der Waals surface area contributed by atoms with Crippen molar-refractivity contribution in [2.75, 3.05) is 6.61 Å². The summed E-state index contributed by atoms with van der Waals surface area (Å²) in [6.45, 7) is 2.03. The van der Waals surface area contributed by atoms with Gasteiger partial charge in [0.15, 0.2) is 0 Å². The lowest BCUT2D eigenvalue weighted by Crippen LogP contribution is -2.06. The number of nitrogens with zero attached hydrogens (tertiary/aromatic N) is 1. The number of rotatable bonds is 7. The maximum Gasteiger partial charge on any atom is 0.339 e. The molecule has 1 aromatic heterocycles. The number of hydrogen-bond donors (Lipinski definition) is 2. The number of carbonyl (C=O) groups is 1. The zero-order valence-electron chi connectivity index (χ0n) is 16.1. The molecule has 0 aliphatic carbocycles. The van der Waals surface area contributed by atoms with Crippen molar-refractivity contribution in [3.05, 3.63) is 88.5 Å². The van der Waals surface area contributed by atoms with Gasteiger partial charge in [0.1, 0.15) is 17.3 Å². The molecule has 3 rings (SSSR count). The monoisotopic (exact) mass is 395 g/mol. The maximum atomic E-state index is 13.2. The first kappa shape index (κ1) is 20.3. The van der Waals surface area contributed by atoms with E-state index in [1.54, 1.807) is 37.4 Å². The van der Waals surface area contributed by atoms with Gasteiger partial charge < -0.3 is 14.9 Å². The summed E-state index contributed by atoms with van der Waals surface area (Å²) >= 11 is 0. The topological polar surface area (TPSA) is 79.7 Å². The summed E-state index contributed by atoms with van der Waals surface area (Å²) < 4.78 is 18.2. The van der Waals surface area contributed by atoms with Crippen molar-refractivity contribution in [2.45, 2.75) is 26.2 Å². The highest BCUT2D eigenvalue weighted by Crippen LogP contribution is 2.24. The zero-order valence-corrected chi connectivity index (χ0v) is 16.1. The van der Waals surface area contributed by atoms with Gasteiger partial charge in [-0.2, -0.15) is 0 Å². The fourth-order valence-electron chi connectivity index (χ4n) is 3.17. The number of halogens is 1. The molecule has 0 unspecified atom stereocenters. The van der Waals surface area contributed by atoms with E-state index in [1.807, 2.05) is 6.07 Å². The lowest BCUT2D eigenvalue weighted by Gasteiger charge is -2.12. The second-order valence-corrected chi connectivity index (χ2v) is 6.71. The molecule has 2 aromatic carbocycles. The minimum Gasteiger partial charge on any atom is -0.508 e. The Balaban J connectivity index is 1.80. The van der Waals surface area contributed by atoms with Crippen molar-refractivity contribution in [2.24, 2.45) is 0 Å². The molecule has 0 fully saturated rings. The van der Waals surface area contributed by atoms with Crippen LogP contribution in [-0.2, 0) is 24.0 Å². The molecule has 6 heteroatoms. The molecule has 0 bridgehead atoms. The average Bonchev–Trinajstić information content (AvgIpc) is 2.69. The lowest BCUT2D eigenvalue weighted by molar-refractivity contribution is 0.0525. The van der Waals surface area contributed by atoms with Crippen molar-refractivity contribution in [1.29, 1.82) is 0 Å². The van der Waals surface area contributed by atoms with Crippen molar-refractivity contribution < 1.29 is 24.1 Å². The van der Waals surface area contributed by atoms with Crippen molar-refractivity contribution in [1.82, 2.24) is 4.98 Å². The largest absolute Gasteiger partial charge is 0.508 e. The number of phenols is 2. The molecule has 3 aromatic rings. The fraction of sp³-hybridized carbons (Fsp3) is 0.217. The van der Waals surface area contributed by atoms with E-state index in [1.165, 1.54) is 12.3 Å². The normalized spacial score (nSPS) is 10.7. The molecule has 2 N–H and O–H groups in total. The van der Waals surface area contributed by atoms with Gasteiger partial charge in [0.05, 0.1) is 12.2 Å². The zero-order chi connectivity index (χ0) is 20.8. The van der Waals surface area contributed by atoms with Gasteiger partial charge in [0, 0.05) is 18.5 Å². The molecule has 0 spiro atoms. The van der Waals surface area contributed by atoms with Crippen LogP contribution in [0.3, 0.4) is 0 Å². The van der Waals surface area contributed by atoms with Crippen LogP contribution in [0, 0.1) is 5.82 Å². The first-order valence-corrected chi connectivity index (χ1v) is 9.35. The molecule has 5 nitrogen and oxygen atoms in total. The van der Waals surface area contributed by atoms with Crippen LogP contribution in [0.5, 0.6) is 11.5 Å². The lowest BCUT2D eigenvalue weighted by atomic mass is 9.95. The van der Waals surface area contributed by atoms with E-state index in [4.69, 9.17) is 4.74 Å². The third-order valence-electron chi connectivity index (χ3n) is 4.60. The Labute approximate surface area is 168 Å². The molecular weight excluding hydrogens is 373 g/mol. The van der Waals surface area contributed by atoms with E-state index in [-0.39, 0.29) is 18.1 Å². The van der Waals surface area contributed by atoms with Crippen LogP contribution in [0.15, 0.2) is 54.9 Å². The SMILES string of the molecule is CCOC(=O)c1cncc(Cc2cc(O)ccc2CCc2ccc(F)cc2O)c1. The van der Waals surface area contributed by atoms with E-state index in [0.29, 0.717) is 30.4 Å². The number of ether oxygens (including phenoxy) is 1. The number of hydrogen-bond acceptors (Lipinski definition) is 5. The molecule has 0 amide bonds. The van der Waals surface area contributed by atoms with Crippen molar-refractivity contribution >= 4 is 5.97 Å². The Bertz CT molecular complexity index is 1020. The van der Waals surface area contributed by atoms with Crippen molar-refractivity contribution in [3.63, 3.8) is 0 Å². The van der Waals surface area contributed by atoms with Crippen LogP contribution >= 0.6 is 0 Å². The van der Waals surface area contributed by atoms with Crippen LogP contribution in [0.25, 0.3) is 0 Å². The summed E-state index contributed by atoms with van der Waals surface area (Å²) in [6, 6.07) is 10.8. The highest BCUT2D eigenvalue weighted by Gasteiger charge is 2.11. The summed E-state index contributed by atoms with van der Waals surface area (Å²) in [5, 5.41) is 19.8. The highest BCUT2D eigenvalue weighted by molar-refractivity contribution is 5.89. The third kappa shape index (κ3) is 5.31. The number of carbonyl (C=O) groups excluding carboxylic acids is 1. The van der Waals surface area contributed by atoms with Crippen molar-refractivity contribution in [3.8, 4) is 11.5 Å². The first-order chi connectivity index (χ1) is 14.0. The van der Waals surface area contributed by atoms with Gasteiger partial charge in [-0.05, 0) is 72.7 Å². The third-order valence-corrected chi connectivity index (χ3v) is 4.60. The second kappa shape index (κ2) is 9.19. The van der Waals surface area contributed by atoms with Gasteiger partial charge in [0.2, 0.25) is 0 Å². The Morgan fingerprint density at radius 1 is 1.00 bits per heavy atom. The average molecular weight is 395 g/mol. The number of pyridine rings is 1. The fourth-order valence-corrected chi connectivity index (χ4v) is 3.17. The Hall–Kier alpha value is -3.41. The van der Waals surface area contributed by atoms with E-state index in [2.05, 4.69) is 4.98 Å². The number of benzene rings is 2. The van der Waals surface area contributed by atoms with Crippen LogP contribution in [0.2, 0.25) is 0 Å². The van der Waals surface area contributed by atoms with Crippen LogP contribution in [0.1, 0.15) is 39.5 Å². The predicted octanol–water partition coefficient (Wildman–Crippen LogP) is 4.18. The van der Waals surface area contributed by atoms with Gasteiger partial charge in [-0.3, -0.25) is 4.98 Å². The molecule has 0 aliphatic rings. The minimum absolute atomic E-state index is 0.0725. The van der Waals surface area contributed by atoms with Crippen LogP contribution < -0.4 is 0 Å². The van der Waals surface area contributed by atoms with Gasteiger partial charge in [-0.1, -0.05) is 12.1 Å². The Kier molecular flexibility index (Phi) is 6.44. The smallest absolute Gasteiger partial charge is 0.339 e. The molecule has 0 radical (unpaired) electrons. The molecule has 1 heterocycles. The highest BCUT2D eigenvalue weighted by atomic mass is 19.1. The standard InChI is InChI=1S/C23H22FNO4/c1-2-29-23(28)19-10-15(13-25-14-19)9-18-11-21(26)8-6-16(18)3-4-17-5-7-20(24)12-22(17)27/h5-8,10-14,26-27H,2-4,9H2,1H3. The number of phenolic OH excluding ortho intramolecular Hbond substituents is 2. The maximum absolute atomic E-state index is 13.2. The van der Waals surface area contributed by atoms with Crippen LogP contribution in [0.4, 0.5) is 4.39 Å². The second-order valence-electron chi connectivity index (χ2n) is 6.71. The summed E-state index contributed by atoms with van der Waals surface area (Å²) in [5.74, 6) is -0.838. The summed E-state index contributed by atoms with van der Waals surface area (Å²) in [4.78, 5) is 16.1. The first-order valence-electron chi connectivity index (χ1n) is 9.35. The van der Waals surface area contributed by atoms with E-state index < -0.39 is 11.8 Å². The molecule has 150 valence electrons. The number of aromatic nitrogens is 1. The van der Waals surface area contributed by atoms with E-state index in [0.717, 1.165) is 22.8 Å². The summed E-state index contributed by atoms with van der Waals surface area (Å²) in [7, 11) is 0. The molecule has 29 heavy (non-hydrogen) atoms. The van der Waals surface area contributed by atoms with Gasteiger partial charge in [-0.15, -0.1) is 0 Å². The summed E-state index contributed by atoms with van der Waals surface area (Å²) in [5.41, 5.74) is 3.70. The quantitative estimate of drug-likeness (QED) is 0.587. The van der Waals surface area contributed by atoms with Gasteiger partial charge in [0.25, 0.3) is 0 Å². The molecular formula is C23H22FNO4. The van der Waals surface area contributed by atoms with Gasteiger partial charge in [-0.25, -0.2) is 9.18 Å². The summed E-state index contributed by atoms with van der Waals surface area (Å²) in [6.07, 6.45) is 4.72. The molecule has 0 saturated heterocycles. The number of esters is 1. The molecule has 0 atom stereocenters. The Morgan fingerprint density at radius 2 is 1.76 bits per heavy atom. The predicted molar refractivity (Wildman–Crippen MR) is 107 cm³/mol. The van der Waals surface area contributed by atoms with Crippen LogP contribution in [-0.4, -0.2) is 27.8 Å². The number of aryl methyl sites for hydroxylation is 2. The Morgan fingerprint density at radius 3 is 2.52 bits per heavy atom. The number of aromatic hydroxyl groups is 2. The molecule has 0 saturated carbocycles. The minimum atomic E-state index is -0.481. The molecule has 0 aliphatic heterocycles. The van der Waals surface area contributed by atoms with E-state index >= 15 is 0 Å².